The minimum atomic E-state index is -0.493. The van der Waals surface area contributed by atoms with Gasteiger partial charge in [-0.25, -0.2) is 4.39 Å². The number of nitrogen functional groups attached to an aromatic ring is 1. The first kappa shape index (κ1) is 9.95. The van der Waals surface area contributed by atoms with Crippen molar-refractivity contribution < 1.29 is 18.4 Å². The Bertz CT molecular complexity index is 568. The molecule has 88 valence electrons. The Balaban J connectivity index is 2.10. The van der Waals surface area contributed by atoms with Crippen molar-refractivity contribution >= 4 is 5.82 Å². The van der Waals surface area contributed by atoms with Gasteiger partial charge in [-0.2, -0.15) is 0 Å². The van der Waals surface area contributed by atoms with Crippen LogP contribution >= 0.6 is 0 Å². The Labute approximate surface area is 95.9 Å². The maximum atomic E-state index is 13.7. The summed E-state index contributed by atoms with van der Waals surface area (Å²) in [5.74, 6) is 0.634. The van der Waals surface area contributed by atoms with Crippen molar-refractivity contribution in [2.24, 2.45) is 0 Å². The summed E-state index contributed by atoms with van der Waals surface area (Å²) in [6.45, 7) is 0.743. The number of nitrogens with two attached hydrogens (primary N) is 1. The van der Waals surface area contributed by atoms with E-state index in [1.807, 2.05) is 0 Å². The van der Waals surface area contributed by atoms with Gasteiger partial charge in [0.15, 0.2) is 28.9 Å². The molecule has 1 aliphatic heterocycles. The number of anilines is 1. The summed E-state index contributed by atoms with van der Waals surface area (Å²) >= 11 is 0. The minimum absolute atomic E-state index is 0.132. The lowest BCUT2D eigenvalue weighted by Gasteiger charge is -2.19. The highest BCUT2D eigenvalue weighted by Gasteiger charge is 2.19. The molecule has 5 nitrogen and oxygen atoms in total. The van der Waals surface area contributed by atoms with E-state index in [0.29, 0.717) is 30.3 Å². The van der Waals surface area contributed by atoms with Crippen LogP contribution < -0.4 is 15.2 Å². The van der Waals surface area contributed by atoms with E-state index in [1.54, 1.807) is 6.07 Å². The molecule has 0 saturated heterocycles. The second kappa shape index (κ2) is 3.65. The lowest BCUT2D eigenvalue weighted by molar-refractivity contribution is 0.164. The van der Waals surface area contributed by atoms with Crippen LogP contribution in [0.2, 0.25) is 0 Å². The van der Waals surface area contributed by atoms with Gasteiger partial charge in [-0.1, -0.05) is 5.16 Å². The average molecular weight is 236 g/mol. The molecule has 0 unspecified atom stereocenters. The van der Waals surface area contributed by atoms with Crippen molar-refractivity contribution in [3.05, 3.63) is 24.0 Å². The van der Waals surface area contributed by atoms with E-state index in [9.17, 15) is 4.39 Å². The Morgan fingerprint density at radius 2 is 2.00 bits per heavy atom. The molecule has 0 spiro atoms. The monoisotopic (exact) mass is 236 g/mol. The van der Waals surface area contributed by atoms with E-state index in [2.05, 4.69) is 5.16 Å². The number of aromatic nitrogens is 1. The number of ether oxygens (including phenoxy) is 2. The summed E-state index contributed by atoms with van der Waals surface area (Å²) in [4.78, 5) is 0. The summed E-state index contributed by atoms with van der Waals surface area (Å²) in [6, 6.07) is 4.45. The van der Waals surface area contributed by atoms with Crippen LogP contribution in [0.3, 0.4) is 0 Å². The first-order valence-corrected chi connectivity index (χ1v) is 5.06. The SMILES string of the molecule is Nc1cc(-c2cc(F)c3c(c2)OCCO3)on1. The molecule has 0 saturated carbocycles. The second-order valence-corrected chi connectivity index (χ2v) is 3.60. The van der Waals surface area contributed by atoms with E-state index < -0.39 is 5.82 Å². The molecule has 6 heteroatoms. The normalized spacial score (nSPS) is 13.7. The molecular weight excluding hydrogens is 227 g/mol. The quantitative estimate of drug-likeness (QED) is 0.817. The smallest absolute Gasteiger partial charge is 0.197 e. The molecule has 2 aromatic rings. The zero-order valence-corrected chi connectivity index (χ0v) is 8.77. The van der Waals surface area contributed by atoms with Crippen molar-refractivity contribution in [1.82, 2.24) is 5.16 Å². The number of benzene rings is 1. The summed E-state index contributed by atoms with van der Waals surface area (Å²) in [5, 5.41) is 3.54. The molecule has 1 aromatic carbocycles. The predicted molar refractivity (Wildman–Crippen MR) is 57.3 cm³/mol. The van der Waals surface area contributed by atoms with Crippen LogP contribution in [-0.2, 0) is 0 Å². The lowest BCUT2D eigenvalue weighted by Crippen LogP contribution is -2.16. The fraction of sp³-hybridized carbons (Fsp3) is 0.182. The first-order chi connectivity index (χ1) is 8.24. The highest BCUT2D eigenvalue weighted by atomic mass is 19.1. The zero-order valence-electron chi connectivity index (χ0n) is 8.77. The number of hydrogen-bond donors (Lipinski definition) is 1. The van der Waals surface area contributed by atoms with Crippen LogP contribution in [0.15, 0.2) is 22.7 Å². The molecule has 0 radical (unpaired) electrons. The zero-order chi connectivity index (χ0) is 11.8. The van der Waals surface area contributed by atoms with Gasteiger partial charge in [0, 0.05) is 11.6 Å². The molecule has 1 aliphatic rings. The van der Waals surface area contributed by atoms with E-state index in [0.717, 1.165) is 0 Å². The van der Waals surface area contributed by atoms with Crippen molar-refractivity contribution in [2.45, 2.75) is 0 Å². The van der Waals surface area contributed by atoms with E-state index in [4.69, 9.17) is 19.7 Å². The molecule has 0 atom stereocenters. The van der Waals surface area contributed by atoms with Crippen molar-refractivity contribution in [3.63, 3.8) is 0 Å². The number of hydrogen-bond acceptors (Lipinski definition) is 5. The summed E-state index contributed by atoms with van der Waals surface area (Å²) in [5.41, 5.74) is 5.95. The third kappa shape index (κ3) is 1.67. The molecule has 1 aromatic heterocycles. The first-order valence-electron chi connectivity index (χ1n) is 5.06. The van der Waals surface area contributed by atoms with Gasteiger partial charge in [0.05, 0.1) is 0 Å². The lowest BCUT2D eigenvalue weighted by atomic mass is 10.1. The van der Waals surface area contributed by atoms with Crippen LogP contribution in [0, 0.1) is 5.82 Å². The van der Waals surface area contributed by atoms with Crippen LogP contribution in [0.5, 0.6) is 11.5 Å². The van der Waals surface area contributed by atoms with Gasteiger partial charge in [0.2, 0.25) is 0 Å². The maximum Gasteiger partial charge on any atom is 0.197 e. The average Bonchev–Trinajstić information content (AvgIpc) is 2.76. The number of nitrogens with zero attached hydrogens (tertiary/aromatic N) is 1. The van der Waals surface area contributed by atoms with Crippen molar-refractivity contribution in [2.75, 3.05) is 18.9 Å². The Kier molecular flexibility index (Phi) is 2.14. The van der Waals surface area contributed by atoms with Gasteiger partial charge < -0.3 is 19.7 Å². The molecular formula is C11H9FN2O3. The minimum Gasteiger partial charge on any atom is -0.486 e. The van der Waals surface area contributed by atoms with Gasteiger partial charge in [0.25, 0.3) is 0 Å². The third-order valence-corrected chi connectivity index (χ3v) is 2.41. The fourth-order valence-corrected chi connectivity index (χ4v) is 1.68. The van der Waals surface area contributed by atoms with Gasteiger partial charge in [0.1, 0.15) is 13.2 Å². The number of halogens is 1. The predicted octanol–water partition coefficient (Wildman–Crippen LogP) is 1.83. The summed E-state index contributed by atoms with van der Waals surface area (Å²) in [6.07, 6.45) is 0. The molecule has 2 heterocycles. The third-order valence-electron chi connectivity index (χ3n) is 2.41. The number of fused-ring (bicyclic) bond motifs is 1. The van der Waals surface area contributed by atoms with Gasteiger partial charge in [-0.05, 0) is 12.1 Å². The second-order valence-electron chi connectivity index (χ2n) is 3.60. The van der Waals surface area contributed by atoms with E-state index >= 15 is 0 Å². The molecule has 17 heavy (non-hydrogen) atoms. The van der Waals surface area contributed by atoms with Gasteiger partial charge >= 0.3 is 0 Å². The number of rotatable bonds is 1. The molecule has 0 fully saturated rings. The van der Waals surface area contributed by atoms with Crippen LogP contribution in [0.4, 0.5) is 10.2 Å². The Morgan fingerprint density at radius 3 is 2.76 bits per heavy atom. The summed E-state index contributed by atoms with van der Waals surface area (Å²) < 4.78 is 29.2. The standard InChI is InChI=1S/C11H9FN2O3/c12-7-3-6(8-5-10(13)14-17-8)4-9-11(7)16-2-1-15-9/h3-5H,1-2H2,(H2,13,14). The molecule has 0 aliphatic carbocycles. The summed E-state index contributed by atoms with van der Waals surface area (Å²) in [7, 11) is 0. The fourth-order valence-electron chi connectivity index (χ4n) is 1.68. The van der Waals surface area contributed by atoms with Crippen LogP contribution in [0.1, 0.15) is 0 Å². The Morgan fingerprint density at radius 1 is 1.18 bits per heavy atom. The van der Waals surface area contributed by atoms with Gasteiger partial charge in [-0.3, -0.25) is 0 Å². The van der Waals surface area contributed by atoms with Crippen molar-refractivity contribution in [1.29, 1.82) is 0 Å². The molecule has 0 bridgehead atoms. The molecule has 3 rings (SSSR count). The van der Waals surface area contributed by atoms with E-state index in [-0.39, 0.29) is 11.6 Å². The van der Waals surface area contributed by atoms with Crippen LogP contribution in [0.25, 0.3) is 11.3 Å². The molecule has 2 N–H and O–H groups in total. The van der Waals surface area contributed by atoms with E-state index in [1.165, 1.54) is 12.1 Å². The highest BCUT2D eigenvalue weighted by Crippen LogP contribution is 2.37. The van der Waals surface area contributed by atoms with Crippen molar-refractivity contribution in [3.8, 4) is 22.8 Å². The van der Waals surface area contributed by atoms with Crippen LogP contribution in [-0.4, -0.2) is 18.4 Å². The topological polar surface area (TPSA) is 70.5 Å². The highest BCUT2D eigenvalue weighted by molar-refractivity contribution is 5.65. The molecule has 0 amide bonds. The maximum absolute atomic E-state index is 13.7. The largest absolute Gasteiger partial charge is 0.486 e. The van der Waals surface area contributed by atoms with Gasteiger partial charge in [-0.15, -0.1) is 0 Å². The Hall–Kier alpha value is -2.24.